The third-order valence-corrected chi connectivity index (χ3v) is 1.78. The molecule has 3 heteroatoms. The largest absolute Gasteiger partial charge is 0.512 e. The summed E-state index contributed by atoms with van der Waals surface area (Å²) >= 11 is 0. The van der Waals surface area contributed by atoms with Gasteiger partial charge in [0.25, 0.3) is 0 Å². The fourth-order valence-electron chi connectivity index (χ4n) is 1.68. The molecular formula is C8H14O3. The van der Waals surface area contributed by atoms with E-state index < -0.39 is 11.2 Å². The Morgan fingerprint density at radius 1 is 1.36 bits per heavy atom. The molecule has 0 bridgehead atoms. The summed E-state index contributed by atoms with van der Waals surface area (Å²) in [5, 5.41) is 28.1. The molecule has 0 aromatic carbocycles. The molecule has 64 valence electrons. The Morgan fingerprint density at radius 2 is 1.91 bits per heavy atom. The Hall–Kier alpha value is -0.540. The smallest absolute Gasteiger partial charge is 0.0939 e. The van der Waals surface area contributed by atoms with Crippen LogP contribution in [0.3, 0.4) is 0 Å². The first kappa shape index (κ1) is 8.56. The standard InChI is InChI=1S/C8H14O3/c1-7(10)3-6(9)4-8(2,11)5-7/h3,9-11H,4-5H2,1-2H3. The van der Waals surface area contributed by atoms with Gasteiger partial charge in [0.2, 0.25) is 0 Å². The van der Waals surface area contributed by atoms with Crippen molar-refractivity contribution in [3.05, 3.63) is 11.8 Å². The monoisotopic (exact) mass is 158 g/mol. The van der Waals surface area contributed by atoms with Crippen molar-refractivity contribution in [2.24, 2.45) is 0 Å². The lowest BCUT2D eigenvalue weighted by Gasteiger charge is -2.34. The van der Waals surface area contributed by atoms with E-state index in [1.807, 2.05) is 0 Å². The summed E-state index contributed by atoms with van der Waals surface area (Å²) in [6.45, 7) is 3.17. The molecule has 11 heavy (non-hydrogen) atoms. The van der Waals surface area contributed by atoms with Crippen LogP contribution in [-0.4, -0.2) is 26.5 Å². The van der Waals surface area contributed by atoms with Crippen LogP contribution >= 0.6 is 0 Å². The van der Waals surface area contributed by atoms with E-state index in [1.54, 1.807) is 13.8 Å². The quantitative estimate of drug-likeness (QED) is 0.487. The number of aliphatic hydroxyl groups is 3. The van der Waals surface area contributed by atoms with Crippen LogP contribution in [0.1, 0.15) is 26.7 Å². The van der Waals surface area contributed by atoms with Crippen LogP contribution in [0.5, 0.6) is 0 Å². The molecule has 2 atom stereocenters. The van der Waals surface area contributed by atoms with Crippen molar-refractivity contribution < 1.29 is 15.3 Å². The molecule has 1 rings (SSSR count). The maximum atomic E-state index is 9.52. The molecule has 2 unspecified atom stereocenters. The van der Waals surface area contributed by atoms with Gasteiger partial charge in [0.05, 0.1) is 17.0 Å². The van der Waals surface area contributed by atoms with Gasteiger partial charge in [-0.25, -0.2) is 0 Å². The molecule has 0 saturated carbocycles. The Kier molecular flexibility index (Phi) is 1.73. The lowest BCUT2D eigenvalue weighted by Crippen LogP contribution is -2.40. The van der Waals surface area contributed by atoms with E-state index in [4.69, 9.17) is 5.11 Å². The van der Waals surface area contributed by atoms with E-state index in [0.29, 0.717) is 0 Å². The van der Waals surface area contributed by atoms with Gasteiger partial charge in [-0.2, -0.15) is 0 Å². The van der Waals surface area contributed by atoms with Crippen LogP contribution in [0.4, 0.5) is 0 Å². The highest BCUT2D eigenvalue weighted by Gasteiger charge is 2.36. The van der Waals surface area contributed by atoms with Crippen molar-refractivity contribution in [1.82, 2.24) is 0 Å². The summed E-state index contributed by atoms with van der Waals surface area (Å²) in [5.74, 6) is 0.0613. The molecule has 3 nitrogen and oxygen atoms in total. The summed E-state index contributed by atoms with van der Waals surface area (Å²) in [4.78, 5) is 0. The van der Waals surface area contributed by atoms with Gasteiger partial charge in [-0.1, -0.05) is 0 Å². The highest BCUT2D eigenvalue weighted by molar-refractivity contribution is 5.13. The van der Waals surface area contributed by atoms with Crippen molar-refractivity contribution in [2.75, 3.05) is 0 Å². The zero-order chi connectivity index (χ0) is 8.70. The summed E-state index contributed by atoms with van der Waals surface area (Å²) in [6, 6.07) is 0. The predicted octanol–water partition coefficient (Wildman–Crippen LogP) is 0.724. The maximum Gasteiger partial charge on any atom is 0.0939 e. The lowest BCUT2D eigenvalue weighted by molar-refractivity contribution is -0.0399. The number of aliphatic hydroxyl groups excluding tert-OH is 1. The van der Waals surface area contributed by atoms with Crippen LogP contribution in [0.2, 0.25) is 0 Å². The molecule has 0 saturated heterocycles. The summed E-state index contributed by atoms with van der Waals surface area (Å²) in [5.41, 5.74) is -2.06. The number of rotatable bonds is 0. The van der Waals surface area contributed by atoms with Gasteiger partial charge in [0.15, 0.2) is 0 Å². The van der Waals surface area contributed by atoms with E-state index in [0.717, 1.165) is 0 Å². The Morgan fingerprint density at radius 3 is 2.27 bits per heavy atom. The molecule has 0 aromatic rings. The van der Waals surface area contributed by atoms with E-state index in [9.17, 15) is 10.2 Å². The lowest BCUT2D eigenvalue weighted by atomic mass is 9.81. The first-order chi connectivity index (χ1) is 4.81. The van der Waals surface area contributed by atoms with E-state index in [2.05, 4.69) is 0 Å². The van der Waals surface area contributed by atoms with Gasteiger partial charge < -0.3 is 15.3 Å². The first-order valence-electron chi connectivity index (χ1n) is 3.66. The topological polar surface area (TPSA) is 60.7 Å². The maximum absolute atomic E-state index is 9.52. The normalized spacial score (nSPS) is 45.3. The molecule has 0 fully saturated rings. The minimum atomic E-state index is -1.08. The van der Waals surface area contributed by atoms with E-state index in [-0.39, 0.29) is 18.6 Å². The molecule has 0 amide bonds. The van der Waals surface area contributed by atoms with E-state index >= 15 is 0 Å². The Balaban J connectivity index is 2.86. The average molecular weight is 158 g/mol. The Labute approximate surface area is 66.0 Å². The summed E-state index contributed by atoms with van der Waals surface area (Å²) in [6.07, 6.45) is 1.87. The van der Waals surface area contributed by atoms with Crippen molar-refractivity contribution >= 4 is 0 Å². The number of hydrogen-bond donors (Lipinski definition) is 3. The fourth-order valence-corrected chi connectivity index (χ4v) is 1.68. The minimum absolute atomic E-state index is 0.0613. The minimum Gasteiger partial charge on any atom is -0.512 e. The Bertz CT molecular complexity index is 192. The molecule has 0 spiro atoms. The first-order valence-corrected chi connectivity index (χ1v) is 3.66. The molecule has 3 N–H and O–H groups in total. The van der Waals surface area contributed by atoms with Crippen molar-refractivity contribution in [1.29, 1.82) is 0 Å². The molecule has 1 aliphatic carbocycles. The molecule has 0 heterocycles. The second-order valence-corrected chi connectivity index (χ2v) is 3.84. The molecular weight excluding hydrogens is 144 g/mol. The van der Waals surface area contributed by atoms with Gasteiger partial charge in [0.1, 0.15) is 0 Å². The SMILES string of the molecule is CC1(O)C=C(O)CC(C)(O)C1. The second kappa shape index (κ2) is 2.22. The van der Waals surface area contributed by atoms with Crippen molar-refractivity contribution in [3.8, 4) is 0 Å². The zero-order valence-electron chi connectivity index (χ0n) is 6.83. The van der Waals surface area contributed by atoms with Gasteiger partial charge in [0, 0.05) is 12.8 Å². The molecule has 0 aromatic heterocycles. The second-order valence-electron chi connectivity index (χ2n) is 3.84. The van der Waals surface area contributed by atoms with E-state index in [1.165, 1.54) is 6.08 Å². The highest BCUT2D eigenvalue weighted by Crippen LogP contribution is 2.32. The third-order valence-electron chi connectivity index (χ3n) is 1.78. The molecule has 0 aliphatic heterocycles. The van der Waals surface area contributed by atoms with Gasteiger partial charge in [-0.05, 0) is 19.9 Å². The van der Waals surface area contributed by atoms with Crippen LogP contribution in [-0.2, 0) is 0 Å². The van der Waals surface area contributed by atoms with Crippen LogP contribution in [0, 0.1) is 0 Å². The van der Waals surface area contributed by atoms with Gasteiger partial charge in [-0.3, -0.25) is 0 Å². The molecule has 1 aliphatic rings. The van der Waals surface area contributed by atoms with Crippen molar-refractivity contribution in [3.63, 3.8) is 0 Å². The fraction of sp³-hybridized carbons (Fsp3) is 0.750. The predicted molar refractivity (Wildman–Crippen MR) is 41.2 cm³/mol. The summed E-state index contributed by atoms with van der Waals surface area (Å²) < 4.78 is 0. The third kappa shape index (κ3) is 2.20. The van der Waals surface area contributed by atoms with Gasteiger partial charge >= 0.3 is 0 Å². The summed E-state index contributed by atoms with van der Waals surface area (Å²) in [7, 11) is 0. The van der Waals surface area contributed by atoms with Gasteiger partial charge in [-0.15, -0.1) is 0 Å². The average Bonchev–Trinajstić information content (AvgIpc) is 1.49. The van der Waals surface area contributed by atoms with Crippen LogP contribution < -0.4 is 0 Å². The van der Waals surface area contributed by atoms with Crippen LogP contribution in [0.25, 0.3) is 0 Å². The highest BCUT2D eigenvalue weighted by atomic mass is 16.3. The zero-order valence-corrected chi connectivity index (χ0v) is 6.83. The van der Waals surface area contributed by atoms with Crippen LogP contribution in [0.15, 0.2) is 11.8 Å². The number of hydrogen-bond acceptors (Lipinski definition) is 3. The molecule has 0 radical (unpaired) electrons. The van der Waals surface area contributed by atoms with Crippen molar-refractivity contribution in [2.45, 2.75) is 37.9 Å².